The molecule has 2 nitrogen and oxygen atoms in total. The van der Waals surface area contributed by atoms with Crippen molar-refractivity contribution in [2.24, 2.45) is 0 Å². The van der Waals surface area contributed by atoms with Crippen molar-refractivity contribution in [3.8, 4) is 0 Å². The summed E-state index contributed by atoms with van der Waals surface area (Å²) in [6.45, 7) is 4.16. The smallest absolute Gasteiger partial charge is 0.151 e. The van der Waals surface area contributed by atoms with Gasteiger partial charge in [0.1, 0.15) is 11.3 Å². The fraction of sp³-hybridized carbons (Fsp3) is 0.462. The van der Waals surface area contributed by atoms with E-state index in [1.54, 1.807) is 6.07 Å². The van der Waals surface area contributed by atoms with Gasteiger partial charge in [-0.25, -0.2) is 9.37 Å². The van der Waals surface area contributed by atoms with Gasteiger partial charge in [0.25, 0.3) is 0 Å². The van der Waals surface area contributed by atoms with Crippen molar-refractivity contribution < 1.29 is 4.39 Å². The highest BCUT2D eigenvalue weighted by molar-refractivity contribution is 6.17. The summed E-state index contributed by atoms with van der Waals surface area (Å²) in [5, 5.41) is 0. The Morgan fingerprint density at radius 1 is 1.41 bits per heavy atom. The van der Waals surface area contributed by atoms with Gasteiger partial charge in [-0.2, -0.15) is 0 Å². The standard InChI is InChI=1S/C13H16ClFN2/c1-9(2)17-11-6-3-5-10(15)13(11)16-12(17)7-4-8-14/h3,5-6,9H,4,7-8H2,1-2H3. The van der Waals surface area contributed by atoms with Crippen LogP contribution in [0.2, 0.25) is 0 Å². The van der Waals surface area contributed by atoms with Crippen molar-refractivity contribution in [2.75, 3.05) is 5.88 Å². The number of fused-ring (bicyclic) bond motifs is 1. The van der Waals surface area contributed by atoms with Crippen LogP contribution in [0.1, 0.15) is 32.1 Å². The monoisotopic (exact) mass is 254 g/mol. The number of rotatable bonds is 4. The van der Waals surface area contributed by atoms with Crippen LogP contribution >= 0.6 is 11.6 Å². The van der Waals surface area contributed by atoms with Crippen LogP contribution in [0, 0.1) is 5.82 Å². The molecule has 1 aromatic heterocycles. The average Bonchev–Trinajstić information content (AvgIpc) is 2.66. The summed E-state index contributed by atoms with van der Waals surface area (Å²) >= 11 is 5.70. The molecule has 0 N–H and O–H groups in total. The van der Waals surface area contributed by atoms with E-state index in [1.807, 2.05) is 6.07 Å². The number of halogens is 2. The van der Waals surface area contributed by atoms with E-state index in [0.29, 0.717) is 11.4 Å². The van der Waals surface area contributed by atoms with Gasteiger partial charge in [-0.15, -0.1) is 11.6 Å². The van der Waals surface area contributed by atoms with Crippen LogP contribution in [0.25, 0.3) is 11.0 Å². The van der Waals surface area contributed by atoms with Crippen LogP contribution in [0.3, 0.4) is 0 Å². The quantitative estimate of drug-likeness (QED) is 0.756. The molecule has 0 atom stereocenters. The highest BCUT2D eigenvalue weighted by atomic mass is 35.5. The maximum absolute atomic E-state index is 13.7. The number of para-hydroxylation sites is 1. The lowest BCUT2D eigenvalue weighted by Gasteiger charge is -2.12. The molecule has 0 amide bonds. The van der Waals surface area contributed by atoms with E-state index in [2.05, 4.69) is 23.4 Å². The molecule has 92 valence electrons. The molecule has 0 radical (unpaired) electrons. The molecular formula is C13H16ClFN2. The van der Waals surface area contributed by atoms with Crippen LogP contribution in [-0.2, 0) is 6.42 Å². The molecule has 0 aliphatic carbocycles. The summed E-state index contributed by atoms with van der Waals surface area (Å²) in [5.41, 5.74) is 1.33. The predicted octanol–water partition coefficient (Wildman–Crippen LogP) is 3.93. The third kappa shape index (κ3) is 2.29. The van der Waals surface area contributed by atoms with Gasteiger partial charge in [0.15, 0.2) is 5.82 Å². The van der Waals surface area contributed by atoms with Crippen molar-refractivity contribution in [3.05, 3.63) is 29.8 Å². The van der Waals surface area contributed by atoms with Gasteiger partial charge >= 0.3 is 0 Å². The minimum atomic E-state index is -0.256. The van der Waals surface area contributed by atoms with E-state index in [9.17, 15) is 4.39 Å². The van der Waals surface area contributed by atoms with Crippen LogP contribution in [0.5, 0.6) is 0 Å². The second kappa shape index (κ2) is 5.05. The van der Waals surface area contributed by atoms with Gasteiger partial charge in [0, 0.05) is 18.3 Å². The van der Waals surface area contributed by atoms with Gasteiger partial charge in [0.05, 0.1) is 5.52 Å². The topological polar surface area (TPSA) is 17.8 Å². The van der Waals surface area contributed by atoms with E-state index >= 15 is 0 Å². The number of benzene rings is 1. The zero-order chi connectivity index (χ0) is 12.4. The first kappa shape index (κ1) is 12.4. The van der Waals surface area contributed by atoms with E-state index in [4.69, 9.17) is 11.6 Å². The lowest BCUT2D eigenvalue weighted by atomic mass is 10.2. The molecule has 0 saturated heterocycles. The molecule has 0 bridgehead atoms. The third-order valence-corrected chi connectivity index (χ3v) is 3.06. The predicted molar refractivity (Wildman–Crippen MR) is 69.1 cm³/mol. The van der Waals surface area contributed by atoms with Crippen LogP contribution in [-0.4, -0.2) is 15.4 Å². The molecule has 2 rings (SSSR count). The molecular weight excluding hydrogens is 239 g/mol. The van der Waals surface area contributed by atoms with E-state index < -0.39 is 0 Å². The molecule has 0 saturated carbocycles. The molecule has 1 heterocycles. The Labute approximate surface area is 105 Å². The largest absolute Gasteiger partial charge is 0.325 e. The molecule has 0 unspecified atom stereocenters. The first-order chi connectivity index (χ1) is 8.15. The van der Waals surface area contributed by atoms with E-state index in [-0.39, 0.29) is 11.9 Å². The molecule has 0 aliphatic heterocycles. The zero-order valence-corrected chi connectivity index (χ0v) is 10.8. The Balaban J connectivity index is 2.58. The summed E-state index contributed by atoms with van der Waals surface area (Å²) < 4.78 is 15.8. The lowest BCUT2D eigenvalue weighted by Crippen LogP contribution is -2.06. The highest BCUT2D eigenvalue weighted by Crippen LogP contribution is 2.23. The second-order valence-electron chi connectivity index (χ2n) is 4.39. The lowest BCUT2D eigenvalue weighted by molar-refractivity contribution is 0.580. The first-order valence-electron chi connectivity index (χ1n) is 5.86. The minimum Gasteiger partial charge on any atom is -0.325 e. The number of hydrogen-bond donors (Lipinski definition) is 0. The molecule has 0 fully saturated rings. The maximum Gasteiger partial charge on any atom is 0.151 e. The van der Waals surface area contributed by atoms with Gasteiger partial charge in [0.2, 0.25) is 0 Å². The van der Waals surface area contributed by atoms with Crippen molar-refractivity contribution >= 4 is 22.6 Å². The van der Waals surface area contributed by atoms with Crippen molar-refractivity contribution in [1.29, 1.82) is 0 Å². The van der Waals surface area contributed by atoms with Crippen LogP contribution < -0.4 is 0 Å². The Morgan fingerprint density at radius 3 is 2.82 bits per heavy atom. The highest BCUT2D eigenvalue weighted by Gasteiger charge is 2.14. The van der Waals surface area contributed by atoms with Crippen LogP contribution in [0.15, 0.2) is 18.2 Å². The molecule has 4 heteroatoms. The van der Waals surface area contributed by atoms with Crippen molar-refractivity contribution in [3.63, 3.8) is 0 Å². The van der Waals surface area contributed by atoms with Gasteiger partial charge in [-0.3, -0.25) is 0 Å². The molecule has 17 heavy (non-hydrogen) atoms. The van der Waals surface area contributed by atoms with Gasteiger partial charge < -0.3 is 4.57 Å². The van der Waals surface area contributed by atoms with E-state index in [1.165, 1.54) is 6.07 Å². The maximum atomic E-state index is 13.7. The Bertz CT molecular complexity index is 519. The van der Waals surface area contributed by atoms with Crippen LogP contribution in [0.4, 0.5) is 4.39 Å². The first-order valence-corrected chi connectivity index (χ1v) is 6.40. The van der Waals surface area contributed by atoms with Gasteiger partial charge in [-0.05, 0) is 32.4 Å². The summed E-state index contributed by atoms with van der Waals surface area (Å²) in [4.78, 5) is 4.40. The van der Waals surface area contributed by atoms with Crippen molar-refractivity contribution in [1.82, 2.24) is 9.55 Å². The summed E-state index contributed by atoms with van der Waals surface area (Å²) in [5.74, 6) is 1.26. The summed E-state index contributed by atoms with van der Waals surface area (Å²) in [6.07, 6.45) is 1.65. The number of alkyl halides is 1. The fourth-order valence-electron chi connectivity index (χ4n) is 2.11. The Hall–Kier alpha value is -1.09. The second-order valence-corrected chi connectivity index (χ2v) is 4.77. The van der Waals surface area contributed by atoms with E-state index in [0.717, 1.165) is 24.2 Å². The molecule has 0 spiro atoms. The normalized spacial score (nSPS) is 11.6. The Kier molecular flexibility index (Phi) is 3.67. The molecule has 1 aromatic carbocycles. The Morgan fingerprint density at radius 2 is 2.18 bits per heavy atom. The minimum absolute atomic E-state index is 0.256. The number of imidazole rings is 1. The summed E-state index contributed by atoms with van der Waals surface area (Å²) in [7, 11) is 0. The SMILES string of the molecule is CC(C)n1c(CCCCl)nc2c(F)cccc21. The number of aryl methyl sites for hydroxylation is 1. The number of nitrogens with zero attached hydrogens (tertiary/aromatic N) is 2. The van der Waals surface area contributed by atoms with Crippen molar-refractivity contribution in [2.45, 2.75) is 32.7 Å². The zero-order valence-electron chi connectivity index (χ0n) is 10.1. The third-order valence-electron chi connectivity index (χ3n) is 2.79. The molecule has 0 aliphatic rings. The number of hydrogen-bond acceptors (Lipinski definition) is 1. The summed E-state index contributed by atoms with van der Waals surface area (Å²) in [6, 6.07) is 5.36. The molecule has 2 aromatic rings. The van der Waals surface area contributed by atoms with Gasteiger partial charge in [-0.1, -0.05) is 6.07 Å². The number of aromatic nitrogens is 2. The fourth-order valence-corrected chi connectivity index (χ4v) is 2.24. The average molecular weight is 255 g/mol.